The molecule has 0 aliphatic carbocycles. The number of rotatable bonds is 5. The Hall–Kier alpha value is -1.35. The van der Waals surface area contributed by atoms with E-state index >= 15 is 0 Å². The van der Waals surface area contributed by atoms with Crippen molar-refractivity contribution in [3.63, 3.8) is 0 Å². The Kier molecular flexibility index (Phi) is 3.94. The van der Waals surface area contributed by atoms with Crippen molar-refractivity contribution >= 4 is 0 Å². The van der Waals surface area contributed by atoms with Crippen LogP contribution >= 0.6 is 0 Å². The number of pyridine rings is 1. The van der Waals surface area contributed by atoms with E-state index in [-0.39, 0.29) is 6.04 Å². The van der Waals surface area contributed by atoms with Gasteiger partial charge in [-0.25, -0.2) is 0 Å². The summed E-state index contributed by atoms with van der Waals surface area (Å²) >= 11 is 0. The molecule has 2 rings (SSSR count). The van der Waals surface area contributed by atoms with E-state index < -0.39 is 0 Å². The Morgan fingerprint density at radius 1 is 1.56 bits per heavy atom. The minimum Gasteiger partial charge on any atom is -0.496 e. The molecule has 3 nitrogen and oxygen atoms in total. The summed E-state index contributed by atoms with van der Waals surface area (Å²) in [5, 5.41) is 3.49. The van der Waals surface area contributed by atoms with Gasteiger partial charge < -0.3 is 10.1 Å². The van der Waals surface area contributed by atoms with Gasteiger partial charge >= 0.3 is 0 Å². The van der Waals surface area contributed by atoms with Gasteiger partial charge in [0.05, 0.1) is 12.6 Å². The summed E-state index contributed by atoms with van der Waals surface area (Å²) in [7, 11) is 0. The molecular weight excluding hydrogens is 200 g/mol. The lowest BCUT2D eigenvalue weighted by Gasteiger charge is -2.19. The molecule has 0 radical (unpaired) electrons. The second kappa shape index (κ2) is 5.66. The van der Waals surface area contributed by atoms with E-state index in [2.05, 4.69) is 29.4 Å². The van der Waals surface area contributed by atoms with Gasteiger partial charge in [0.2, 0.25) is 0 Å². The highest BCUT2D eigenvalue weighted by Crippen LogP contribution is 2.25. The molecule has 3 heteroatoms. The number of ether oxygens (including phenoxy) is 1. The molecule has 1 aliphatic heterocycles. The average molecular weight is 218 g/mol. The molecule has 1 aromatic heterocycles. The Bertz CT molecular complexity index is 348. The standard InChI is InChI=1S/C13H18N2O/c1-2-7-15-13(12-6-4-9-16-12)11-5-3-8-14-10-11/h3,5-6,8,10,13,15H,2,4,7,9H2,1H3. The minimum absolute atomic E-state index is 0.163. The maximum absolute atomic E-state index is 5.64. The predicted molar refractivity (Wildman–Crippen MR) is 63.9 cm³/mol. The fraction of sp³-hybridized carbons (Fsp3) is 0.462. The minimum atomic E-state index is 0.163. The molecule has 1 unspecified atom stereocenters. The lowest BCUT2D eigenvalue weighted by Crippen LogP contribution is -2.24. The quantitative estimate of drug-likeness (QED) is 0.824. The first-order valence-electron chi connectivity index (χ1n) is 5.88. The maximum atomic E-state index is 5.64. The second-order valence-corrected chi connectivity index (χ2v) is 3.92. The lowest BCUT2D eigenvalue weighted by molar-refractivity contribution is 0.215. The predicted octanol–water partition coefficient (Wildman–Crippen LogP) is 2.43. The molecule has 0 amide bonds. The van der Waals surface area contributed by atoms with Crippen molar-refractivity contribution in [3.05, 3.63) is 41.9 Å². The third kappa shape index (κ3) is 2.61. The van der Waals surface area contributed by atoms with Crippen LogP contribution in [-0.4, -0.2) is 18.1 Å². The van der Waals surface area contributed by atoms with Gasteiger partial charge in [-0.3, -0.25) is 4.98 Å². The average Bonchev–Trinajstić information content (AvgIpc) is 2.85. The van der Waals surface area contributed by atoms with Crippen LogP contribution in [0.25, 0.3) is 0 Å². The molecule has 0 spiro atoms. The molecule has 86 valence electrons. The van der Waals surface area contributed by atoms with Crippen molar-refractivity contribution in [2.45, 2.75) is 25.8 Å². The molecule has 1 aromatic rings. The summed E-state index contributed by atoms with van der Waals surface area (Å²) < 4.78 is 5.64. The number of nitrogens with one attached hydrogen (secondary N) is 1. The van der Waals surface area contributed by atoms with Crippen LogP contribution in [0.15, 0.2) is 36.4 Å². The zero-order valence-corrected chi connectivity index (χ0v) is 9.65. The molecule has 1 N–H and O–H groups in total. The Labute approximate surface area is 96.5 Å². The molecule has 1 aliphatic rings. The first-order valence-corrected chi connectivity index (χ1v) is 5.88. The highest BCUT2D eigenvalue weighted by molar-refractivity contribution is 5.23. The third-order valence-electron chi connectivity index (χ3n) is 2.63. The van der Waals surface area contributed by atoms with Gasteiger partial charge in [0, 0.05) is 18.8 Å². The fourth-order valence-electron chi connectivity index (χ4n) is 1.86. The summed E-state index contributed by atoms with van der Waals surface area (Å²) in [5.74, 6) is 1.04. The topological polar surface area (TPSA) is 34.1 Å². The Balaban J connectivity index is 2.14. The van der Waals surface area contributed by atoms with Crippen molar-refractivity contribution in [2.24, 2.45) is 0 Å². The normalized spacial score (nSPS) is 16.7. The van der Waals surface area contributed by atoms with Crippen LogP contribution in [0.4, 0.5) is 0 Å². The third-order valence-corrected chi connectivity index (χ3v) is 2.63. The summed E-state index contributed by atoms with van der Waals surface area (Å²) in [6.45, 7) is 3.96. The lowest BCUT2D eigenvalue weighted by atomic mass is 10.1. The van der Waals surface area contributed by atoms with Gasteiger partial charge in [0.1, 0.15) is 5.76 Å². The van der Waals surface area contributed by atoms with Crippen LogP contribution < -0.4 is 5.32 Å². The highest BCUT2D eigenvalue weighted by atomic mass is 16.5. The van der Waals surface area contributed by atoms with Gasteiger partial charge in [-0.2, -0.15) is 0 Å². The second-order valence-electron chi connectivity index (χ2n) is 3.92. The summed E-state index contributed by atoms with van der Waals surface area (Å²) in [6.07, 6.45) is 7.99. The zero-order chi connectivity index (χ0) is 11.2. The number of hydrogen-bond donors (Lipinski definition) is 1. The van der Waals surface area contributed by atoms with E-state index in [0.29, 0.717) is 0 Å². The Morgan fingerprint density at radius 2 is 2.50 bits per heavy atom. The molecule has 0 aromatic carbocycles. The molecule has 16 heavy (non-hydrogen) atoms. The van der Waals surface area contributed by atoms with E-state index in [0.717, 1.165) is 31.8 Å². The largest absolute Gasteiger partial charge is 0.496 e. The smallest absolute Gasteiger partial charge is 0.114 e. The van der Waals surface area contributed by atoms with Crippen LogP contribution in [0.2, 0.25) is 0 Å². The molecule has 1 atom stereocenters. The monoisotopic (exact) mass is 218 g/mol. The zero-order valence-electron chi connectivity index (χ0n) is 9.65. The van der Waals surface area contributed by atoms with Crippen LogP contribution in [0.3, 0.4) is 0 Å². The first-order chi connectivity index (χ1) is 7.92. The van der Waals surface area contributed by atoms with Crippen LogP contribution in [0.5, 0.6) is 0 Å². The van der Waals surface area contributed by atoms with Crippen molar-refractivity contribution in [1.82, 2.24) is 10.3 Å². The van der Waals surface area contributed by atoms with Gasteiger partial charge in [-0.1, -0.05) is 13.0 Å². The number of nitrogens with zero attached hydrogens (tertiary/aromatic N) is 1. The van der Waals surface area contributed by atoms with Crippen LogP contribution in [0.1, 0.15) is 31.4 Å². The fourth-order valence-corrected chi connectivity index (χ4v) is 1.86. The Morgan fingerprint density at radius 3 is 3.12 bits per heavy atom. The van der Waals surface area contributed by atoms with E-state index in [1.54, 1.807) is 6.20 Å². The summed E-state index contributed by atoms with van der Waals surface area (Å²) in [4.78, 5) is 4.16. The van der Waals surface area contributed by atoms with Crippen molar-refractivity contribution in [3.8, 4) is 0 Å². The SMILES string of the molecule is CCCNC(C1=CCCO1)c1cccnc1. The summed E-state index contributed by atoms with van der Waals surface area (Å²) in [5.41, 5.74) is 1.17. The van der Waals surface area contributed by atoms with Gasteiger partial charge in [-0.05, 0) is 30.7 Å². The van der Waals surface area contributed by atoms with Crippen molar-refractivity contribution < 1.29 is 4.74 Å². The van der Waals surface area contributed by atoms with Gasteiger partial charge in [0.15, 0.2) is 0 Å². The van der Waals surface area contributed by atoms with Gasteiger partial charge in [0.25, 0.3) is 0 Å². The van der Waals surface area contributed by atoms with E-state index in [9.17, 15) is 0 Å². The maximum Gasteiger partial charge on any atom is 0.114 e. The van der Waals surface area contributed by atoms with Crippen molar-refractivity contribution in [1.29, 1.82) is 0 Å². The molecular formula is C13H18N2O. The highest BCUT2D eigenvalue weighted by Gasteiger charge is 2.19. The summed E-state index contributed by atoms with van der Waals surface area (Å²) in [6, 6.07) is 4.21. The number of aromatic nitrogens is 1. The molecule has 0 saturated heterocycles. The molecule has 0 saturated carbocycles. The molecule has 0 bridgehead atoms. The first kappa shape index (κ1) is 11.1. The van der Waals surface area contributed by atoms with Crippen LogP contribution in [-0.2, 0) is 4.74 Å². The van der Waals surface area contributed by atoms with E-state index in [1.807, 2.05) is 12.3 Å². The van der Waals surface area contributed by atoms with E-state index in [4.69, 9.17) is 4.74 Å². The van der Waals surface area contributed by atoms with E-state index in [1.165, 1.54) is 5.56 Å². The molecule has 2 heterocycles. The van der Waals surface area contributed by atoms with Crippen molar-refractivity contribution in [2.75, 3.05) is 13.2 Å². The number of hydrogen-bond acceptors (Lipinski definition) is 3. The molecule has 0 fully saturated rings. The van der Waals surface area contributed by atoms with Crippen LogP contribution in [0, 0.1) is 0 Å². The van der Waals surface area contributed by atoms with Gasteiger partial charge in [-0.15, -0.1) is 0 Å².